The molecule has 9 heteroatoms. The van der Waals surface area contributed by atoms with E-state index < -0.39 is 46.3 Å². The number of anilines is 1. The molecular weight excluding hydrogens is 511 g/mol. The van der Waals surface area contributed by atoms with E-state index in [-0.39, 0.29) is 24.5 Å². The lowest BCUT2D eigenvalue weighted by Gasteiger charge is -2.46. The van der Waals surface area contributed by atoms with Crippen LogP contribution in [0.4, 0.5) is 18.9 Å². The number of rotatable bonds is 4. The smallest absolute Gasteiger partial charge is 0.416 e. The van der Waals surface area contributed by atoms with Crippen molar-refractivity contribution in [1.82, 2.24) is 0 Å². The first kappa shape index (κ1) is 26.2. The van der Waals surface area contributed by atoms with E-state index >= 15 is 0 Å². The zero-order valence-electron chi connectivity index (χ0n) is 22.1. The summed E-state index contributed by atoms with van der Waals surface area (Å²) in [4.78, 5) is 25.9. The van der Waals surface area contributed by atoms with Crippen molar-refractivity contribution in [1.29, 1.82) is 0 Å². The lowest BCUT2D eigenvalue weighted by Crippen LogP contribution is -2.49. The Hall–Kier alpha value is -3.07. The molecular formula is C30H32F3NO5. The van der Waals surface area contributed by atoms with E-state index in [9.17, 15) is 22.8 Å². The Kier molecular flexibility index (Phi) is 5.85. The first-order valence-corrected chi connectivity index (χ1v) is 13.5. The molecule has 6 rings (SSSR count). The van der Waals surface area contributed by atoms with Crippen molar-refractivity contribution in [3.8, 4) is 0 Å². The second-order valence-corrected chi connectivity index (χ2v) is 12.0. The number of carbonyl (C=O) groups is 2. The van der Waals surface area contributed by atoms with E-state index in [2.05, 4.69) is 5.32 Å². The summed E-state index contributed by atoms with van der Waals surface area (Å²) in [7, 11) is 0. The number of benzene rings is 2. The molecule has 0 radical (unpaired) electrons. The molecule has 2 aromatic rings. The van der Waals surface area contributed by atoms with E-state index in [0.717, 1.165) is 17.7 Å². The minimum absolute atomic E-state index is 0.0636. The number of hydrogen-bond acceptors (Lipinski definition) is 6. The third kappa shape index (κ3) is 3.79. The van der Waals surface area contributed by atoms with Crippen molar-refractivity contribution < 1.29 is 37.0 Å². The van der Waals surface area contributed by atoms with Gasteiger partial charge in [-0.1, -0.05) is 44.2 Å². The highest BCUT2D eigenvalue weighted by atomic mass is 19.4. The van der Waals surface area contributed by atoms with Gasteiger partial charge in [-0.2, -0.15) is 13.2 Å². The van der Waals surface area contributed by atoms with Crippen LogP contribution in [-0.4, -0.2) is 30.3 Å². The summed E-state index contributed by atoms with van der Waals surface area (Å²) < 4.78 is 58.6. The van der Waals surface area contributed by atoms with Crippen LogP contribution in [0.1, 0.15) is 75.3 Å². The second kappa shape index (κ2) is 8.71. The molecule has 2 aromatic carbocycles. The molecule has 0 aromatic heterocycles. The van der Waals surface area contributed by atoms with Crippen LogP contribution in [0.5, 0.6) is 0 Å². The number of hydrogen-bond donors (Lipinski definition) is 1. The molecule has 3 heterocycles. The van der Waals surface area contributed by atoms with Crippen LogP contribution in [0.15, 0.2) is 48.5 Å². The fourth-order valence-electron chi connectivity index (χ4n) is 7.03. The molecule has 6 atom stereocenters. The standard InChI is InChI=1S/C30H32F3NO5/c1-27(2)28(3)13-14-29(27,39-25(28)35)26(36)37-16-19-10-11-20-23(17-7-5-4-6-8-17)34-22-12-9-18(30(31,32)33)15-21(22)24(20)38-19/h4-9,12,15,19-20,23-24,34H,10-11,13-14,16H2,1-3H3/t19-,20+,23+,24+,28?,29?/m1/s1. The van der Waals surface area contributed by atoms with Crippen molar-refractivity contribution in [3.63, 3.8) is 0 Å². The van der Waals surface area contributed by atoms with E-state index in [1.165, 1.54) is 6.07 Å². The van der Waals surface area contributed by atoms with E-state index in [4.69, 9.17) is 14.2 Å². The Morgan fingerprint density at radius 1 is 1.08 bits per heavy atom. The van der Waals surface area contributed by atoms with Crippen LogP contribution < -0.4 is 5.32 Å². The first-order chi connectivity index (χ1) is 18.4. The van der Waals surface area contributed by atoms with E-state index in [0.29, 0.717) is 36.9 Å². The quantitative estimate of drug-likeness (QED) is 0.452. The van der Waals surface area contributed by atoms with Crippen molar-refractivity contribution >= 4 is 17.6 Å². The van der Waals surface area contributed by atoms with Gasteiger partial charge in [0.05, 0.1) is 29.2 Å². The minimum atomic E-state index is -4.48. The molecule has 1 N–H and O–H groups in total. The predicted molar refractivity (Wildman–Crippen MR) is 135 cm³/mol. The minimum Gasteiger partial charge on any atom is -0.460 e. The second-order valence-electron chi connectivity index (χ2n) is 12.0. The summed E-state index contributed by atoms with van der Waals surface area (Å²) in [6.45, 7) is 5.49. The molecule has 6 nitrogen and oxygen atoms in total. The number of ether oxygens (including phenoxy) is 3. The Morgan fingerprint density at radius 2 is 1.82 bits per heavy atom. The number of alkyl halides is 3. The molecule has 0 amide bonds. The molecule has 2 unspecified atom stereocenters. The number of nitrogens with one attached hydrogen (secondary N) is 1. The van der Waals surface area contributed by atoms with Crippen LogP contribution in [0.2, 0.25) is 0 Å². The predicted octanol–water partition coefficient (Wildman–Crippen LogP) is 6.37. The molecule has 2 saturated heterocycles. The molecule has 3 aliphatic heterocycles. The maximum Gasteiger partial charge on any atom is 0.416 e. The summed E-state index contributed by atoms with van der Waals surface area (Å²) in [5.74, 6) is -1.08. The van der Waals surface area contributed by atoms with Crippen LogP contribution in [0.3, 0.4) is 0 Å². The lowest BCUT2D eigenvalue weighted by atomic mass is 9.66. The molecule has 39 heavy (non-hydrogen) atoms. The van der Waals surface area contributed by atoms with Gasteiger partial charge < -0.3 is 19.5 Å². The van der Waals surface area contributed by atoms with Crippen molar-refractivity contribution in [2.24, 2.45) is 16.7 Å². The summed E-state index contributed by atoms with van der Waals surface area (Å²) in [6, 6.07) is 13.3. The topological polar surface area (TPSA) is 73.9 Å². The van der Waals surface area contributed by atoms with Gasteiger partial charge in [0, 0.05) is 22.6 Å². The van der Waals surface area contributed by atoms with E-state index in [1.54, 1.807) is 0 Å². The van der Waals surface area contributed by atoms with Gasteiger partial charge in [0.15, 0.2) is 0 Å². The summed E-state index contributed by atoms with van der Waals surface area (Å²) in [5, 5.41) is 3.45. The summed E-state index contributed by atoms with van der Waals surface area (Å²) >= 11 is 0. The van der Waals surface area contributed by atoms with Gasteiger partial charge in [-0.15, -0.1) is 0 Å². The molecule has 4 aliphatic rings. The average Bonchev–Trinajstić information content (AvgIpc) is 3.21. The van der Waals surface area contributed by atoms with Crippen LogP contribution in [0, 0.1) is 16.7 Å². The summed E-state index contributed by atoms with van der Waals surface area (Å²) in [5.41, 5.74) is -1.46. The Labute approximate surface area is 225 Å². The summed E-state index contributed by atoms with van der Waals surface area (Å²) in [6.07, 6.45) is -3.42. The first-order valence-electron chi connectivity index (χ1n) is 13.5. The highest BCUT2D eigenvalue weighted by Gasteiger charge is 2.76. The van der Waals surface area contributed by atoms with Gasteiger partial charge >= 0.3 is 18.1 Å². The molecule has 1 saturated carbocycles. The Balaban J connectivity index is 1.24. The maximum atomic E-state index is 13.6. The Morgan fingerprint density at radius 3 is 2.46 bits per heavy atom. The van der Waals surface area contributed by atoms with Crippen molar-refractivity contribution in [2.45, 2.75) is 76.5 Å². The highest BCUT2D eigenvalue weighted by molar-refractivity contribution is 5.93. The van der Waals surface area contributed by atoms with Crippen molar-refractivity contribution in [3.05, 3.63) is 65.2 Å². The Bertz CT molecular complexity index is 1310. The molecule has 1 aliphatic carbocycles. The normalized spacial score (nSPS) is 34.5. The third-order valence-electron chi connectivity index (χ3n) is 9.95. The zero-order valence-corrected chi connectivity index (χ0v) is 22.1. The lowest BCUT2D eigenvalue weighted by molar-refractivity contribution is -0.189. The van der Waals surface area contributed by atoms with Gasteiger partial charge in [-0.3, -0.25) is 4.79 Å². The molecule has 208 valence electrons. The zero-order chi connectivity index (χ0) is 27.8. The van der Waals surface area contributed by atoms with Gasteiger partial charge in [0.2, 0.25) is 5.60 Å². The number of halogens is 3. The third-order valence-corrected chi connectivity index (χ3v) is 9.95. The number of fused-ring (bicyclic) bond motifs is 5. The highest BCUT2D eigenvalue weighted by Crippen LogP contribution is 2.66. The van der Waals surface area contributed by atoms with Crippen LogP contribution >= 0.6 is 0 Å². The monoisotopic (exact) mass is 543 g/mol. The van der Waals surface area contributed by atoms with Crippen molar-refractivity contribution in [2.75, 3.05) is 11.9 Å². The fraction of sp³-hybridized carbons (Fsp3) is 0.533. The fourth-order valence-corrected chi connectivity index (χ4v) is 7.03. The van der Waals surface area contributed by atoms with Crippen LogP contribution in [0.25, 0.3) is 0 Å². The molecule has 0 spiro atoms. The number of carbonyl (C=O) groups excluding carboxylic acids is 2. The van der Waals surface area contributed by atoms with Gasteiger partial charge in [0.1, 0.15) is 6.61 Å². The SMILES string of the molecule is CC12CCC(C(=O)OC[C@H]3CC[C@@H]4[C@H](O3)c3cc(C(F)(F)F)ccc3N[C@H]4c3ccccc3)(OC1=O)C2(C)C. The number of esters is 2. The van der Waals surface area contributed by atoms with E-state index in [1.807, 2.05) is 51.1 Å². The van der Waals surface area contributed by atoms with Crippen LogP contribution in [-0.2, 0) is 30.0 Å². The molecule has 3 fully saturated rings. The van der Waals surface area contributed by atoms with Gasteiger partial charge in [-0.05, 0) is 56.4 Å². The largest absolute Gasteiger partial charge is 0.460 e. The average molecular weight is 544 g/mol. The molecule has 2 bridgehead atoms. The van der Waals surface area contributed by atoms with Gasteiger partial charge in [-0.25, -0.2) is 4.79 Å². The maximum absolute atomic E-state index is 13.6. The van der Waals surface area contributed by atoms with Gasteiger partial charge in [0.25, 0.3) is 0 Å².